The number of pyridine rings is 1. The minimum atomic E-state index is -0.430. The molecule has 0 saturated heterocycles. The summed E-state index contributed by atoms with van der Waals surface area (Å²) < 4.78 is 5.37. The zero-order chi connectivity index (χ0) is 18.5. The van der Waals surface area contributed by atoms with E-state index >= 15 is 0 Å². The fraction of sp³-hybridized carbons (Fsp3) is 0.476. The summed E-state index contributed by atoms with van der Waals surface area (Å²) in [5, 5.41) is 3.62. The fourth-order valence-corrected chi connectivity index (χ4v) is 3.40. The van der Waals surface area contributed by atoms with Crippen LogP contribution in [0.15, 0.2) is 24.3 Å². The number of nitrogens with zero attached hydrogens (tertiary/aromatic N) is 1. The molecular formula is C21H26N2O3. The lowest BCUT2D eigenvalue weighted by atomic mass is 9.97. The van der Waals surface area contributed by atoms with E-state index in [0.29, 0.717) is 5.56 Å². The third-order valence-electron chi connectivity index (χ3n) is 4.98. The highest BCUT2D eigenvalue weighted by Gasteiger charge is 2.23. The first-order valence-electron chi connectivity index (χ1n) is 9.47. The number of hydrogen-bond acceptors (Lipinski definition) is 4. The van der Waals surface area contributed by atoms with E-state index in [1.165, 1.54) is 0 Å². The Bertz CT molecular complexity index is 816. The molecule has 0 unspecified atom stereocenters. The number of aryl methyl sites for hydroxylation is 1. The van der Waals surface area contributed by atoms with Gasteiger partial charge in [-0.3, -0.25) is 9.78 Å². The van der Waals surface area contributed by atoms with Gasteiger partial charge in [0.15, 0.2) is 6.61 Å². The van der Waals surface area contributed by atoms with Gasteiger partial charge in [0.1, 0.15) is 0 Å². The van der Waals surface area contributed by atoms with Crippen molar-refractivity contribution in [3.8, 4) is 0 Å². The number of benzene rings is 1. The number of hydrogen-bond donors (Lipinski definition) is 1. The van der Waals surface area contributed by atoms with Crippen LogP contribution >= 0.6 is 0 Å². The first kappa shape index (κ1) is 18.4. The standard InChI is InChI=1S/C21H26N2O3/c1-3-14(2)22-19(24)13-26-21(25)20-15-9-5-4-6-11-17(15)23-18-12-8-7-10-16(18)20/h7-8,10,12,14H,3-6,9,11,13H2,1-2H3,(H,22,24)/t14-/m0/s1. The van der Waals surface area contributed by atoms with Crippen molar-refractivity contribution >= 4 is 22.8 Å². The summed E-state index contributed by atoms with van der Waals surface area (Å²) in [6, 6.07) is 7.72. The van der Waals surface area contributed by atoms with Crippen molar-refractivity contribution in [2.75, 3.05) is 6.61 Å². The number of nitrogens with one attached hydrogen (secondary N) is 1. The summed E-state index contributed by atoms with van der Waals surface area (Å²) in [5.74, 6) is -0.696. The molecule has 26 heavy (non-hydrogen) atoms. The topological polar surface area (TPSA) is 68.3 Å². The number of carbonyl (C=O) groups excluding carboxylic acids is 2. The molecule has 3 rings (SSSR count). The molecule has 1 aliphatic rings. The molecule has 1 amide bonds. The summed E-state index contributed by atoms with van der Waals surface area (Å²) in [7, 11) is 0. The number of esters is 1. The maximum atomic E-state index is 12.9. The summed E-state index contributed by atoms with van der Waals surface area (Å²) in [6.45, 7) is 3.67. The molecule has 1 aromatic carbocycles. The molecule has 1 N–H and O–H groups in total. The van der Waals surface area contributed by atoms with Gasteiger partial charge >= 0.3 is 5.97 Å². The van der Waals surface area contributed by atoms with Crippen LogP contribution in [-0.4, -0.2) is 29.5 Å². The molecule has 1 aliphatic carbocycles. The molecule has 0 radical (unpaired) electrons. The fourth-order valence-electron chi connectivity index (χ4n) is 3.40. The van der Waals surface area contributed by atoms with Crippen LogP contribution in [0.1, 0.15) is 61.1 Å². The highest BCUT2D eigenvalue weighted by atomic mass is 16.5. The van der Waals surface area contributed by atoms with Crippen LogP contribution in [0.2, 0.25) is 0 Å². The highest BCUT2D eigenvalue weighted by molar-refractivity contribution is 6.05. The highest BCUT2D eigenvalue weighted by Crippen LogP contribution is 2.29. The van der Waals surface area contributed by atoms with E-state index in [1.807, 2.05) is 38.1 Å². The second-order valence-electron chi connectivity index (χ2n) is 6.94. The second-order valence-corrected chi connectivity index (χ2v) is 6.94. The van der Waals surface area contributed by atoms with Crippen molar-refractivity contribution < 1.29 is 14.3 Å². The lowest BCUT2D eigenvalue weighted by Gasteiger charge is -2.15. The summed E-state index contributed by atoms with van der Waals surface area (Å²) in [6.07, 6.45) is 5.82. The molecule has 0 aliphatic heterocycles. The lowest BCUT2D eigenvalue weighted by Crippen LogP contribution is -2.35. The molecular weight excluding hydrogens is 328 g/mol. The molecule has 2 aromatic rings. The van der Waals surface area contributed by atoms with Crippen molar-refractivity contribution in [1.29, 1.82) is 0 Å². The van der Waals surface area contributed by atoms with Crippen LogP contribution in [0.5, 0.6) is 0 Å². The van der Waals surface area contributed by atoms with E-state index in [0.717, 1.165) is 60.7 Å². The largest absolute Gasteiger partial charge is 0.452 e. The van der Waals surface area contributed by atoms with Crippen molar-refractivity contribution in [1.82, 2.24) is 10.3 Å². The van der Waals surface area contributed by atoms with E-state index in [-0.39, 0.29) is 18.6 Å². The van der Waals surface area contributed by atoms with Crippen LogP contribution in [0.25, 0.3) is 10.9 Å². The monoisotopic (exact) mass is 354 g/mol. The maximum absolute atomic E-state index is 12.9. The lowest BCUT2D eigenvalue weighted by molar-refractivity contribution is -0.124. The number of aromatic nitrogens is 1. The maximum Gasteiger partial charge on any atom is 0.339 e. The van der Waals surface area contributed by atoms with Gasteiger partial charge in [0.2, 0.25) is 0 Å². The van der Waals surface area contributed by atoms with Crippen LogP contribution in [0.4, 0.5) is 0 Å². The second kappa shape index (κ2) is 8.30. The quantitative estimate of drug-likeness (QED) is 0.658. The van der Waals surface area contributed by atoms with Gasteiger partial charge in [0.05, 0.1) is 11.1 Å². The van der Waals surface area contributed by atoms with Gasteiger partial charge in [-0.05, 0) is 50.7 Å². The molecule has 0 fully saturated rings. The molecule has 1 atom stereocenters. The van der Waals surface area contributed by atoms with E-state index < -0.39 is 5.97 Å². The van der Waals surface area contributed by atoms with Crippen molar-refractivity contribution in [3.05, 3.63) is 41.1 Å². The molecule has 1 heterocycles. The average molecular weight is 354 g/mol. The van der Waals surface area contributed by atoms with Gasteiger partial charge in [-0.25, -0.2) is 4.79 Å². The Kier molecular flexibility index (Phi) is 5.86. The minimum Gasteiger partial charge on any atom is -0.452 e. The molecule has 1 aromatic heterocycles. The summed E-state index contributed by atoms with van der Waals surface area (Å²) in [5.41, 5.74) is 3.39. The molecule has 5 heteroatoms. The number of para-hydroxylation sites is 1. The van der Waals surface area contributed by atoms with Crippen LogP contribution in [-0.2, 0) is 22.4 Å². The number of fused-ring (bicyclic) bond motifs is 2. The van der Waals surface area contributed by atoms with Gasteiger partial charge in [-0.2, -0.15) is 0 Å². The Hall–Kier alpha value is -2.43. The van der Waals surface area contributed by atoms with Crippen LogP contribution in [0, 0.1) is 0 Å². The predicted octanol–water partition coefficient (Wildman–Crippen LogP) is 3.58. The summed E-state index contributed by atoms with van der Waals surface area (Å²) in [4.78, 5) is 29.6. The number of amides is 1. The Morgan fingerprint density at radius 3 is 2.77 bits per heavy atom. The van der Waals surface area contributed by atoms with E-state index in [2.05, 4.69) is 5.32 Å². The smallest absolute Gasteiger partial charge is 0.339 e. The van der Waals surface area contributed by atoms with Crippen LogP contribution in [0.3, 0.4) is 0 Å². The zero-order valence-electron chi connectivity index (χ0n) is 15.5. The van der Waals surface area contributed by atoms with Gasteiger partial charge < -0.3 is 10.1 Å². The zero-order valence-corrected chi connectivity index (χ0v) is 15.5. The average Bonchev–Trinajstić information content (AvgIpc) is 2.89. The van der Waals surface area contributed by atoms with Gasteiger partial charge in [-0.1, -0.05) is 31.5 Å². The van der Waals surface area contributed by atoms with Crippen molar-refractivity contribution in [3.63, 3.8) is 0 Å². The van der Waals surface area contributed by atoms with Gasteiger partial charge in [-0.15, -0.1) is 0 Å². The number of carbonyl (C=O) groups is 2. The molecule has 5 nitrogen and oxygen atoms in total. The summed E-state index contributed by atoms with van der Waals surface area (Å²) >= 11 is 0. The van der Waals surface area contributed by atoms with E-state index in [4.69, 9.17) is 9.72 Å². The Morgan fingerprint density at radius 2 is 1.96 bits per heavy atom. The van der Waals surface area contributed by atoms with Crippen molar-refractivity contribution in [2.45, 2.75) is 58.4 Å². The first-order valence-corrected chi connectivity index (χ1v) is 9.47. The van der Waals surface area contributed by atoms with Crippen molar-refractivity contribution in [2.24, 2.45) is 0 Å². The first-order chi connectivity index (χ1) is 12.6. The Balaban J connectivity index is 1.89. The molecule has 0 saturated carbocycles. The van der Waals surface area contributed by atoms with Crippen LogP contribution < -0.4 is 5.32 Å². The molecule has 0 bridgehead atoms. The van der Waals surface area contributed by atoms with E-state index in [1.54, 1.807) is 0 Å². The molecule has 0 spiro atoms. The Labute approximate surface area is 154 Å². The SMILES string of the molecule is CC[C@H](C)NC(=O)COC(=O)c1c2c(nc3ccccc13)CCCCC2. The number of ether oxygens (including phenoxy) is 1. The predicted molar refractivity (Wildman–Crippen MR) is 101 cm³/mol. The third-order valence-corrected chi connectivity index (χ3v) is 4.98. The van der Waals surface area contributed by atoms with E-state index in [9.17, 15) is 9.59 Å². The third kappa shape index (κ3) is 4.03. The van der Waals surface area contributed by atoms with Gasteiger partial charge in [0, 0.05) is 17.1 Å². The normalized spacial score (nSPS) is 15.0. The van der Waals surface area contributed by atoms with Gasteiger partial charge in [0.25, 0.3) is 5.91 Å². The molecule has 138 valence electrons. The minimum absolute atomic E-state index is 0.0687. The Morgan fingerprint density at radius 1 is 1.19 bits per heavy atom. The number of rotatable bonds is 5.